The third-order valence-corrected chi connectivity index (χ3v) is 5.86. The molecule has 0 radical (unpaired) electrons. The fourth-order valence-corrected chi connectivity index (χ4v) is 4.17. The molecule has 1 amide bonds. The molecule has 3 aromatic rings. The normalized spacial score (nSPS) is 14.0. The van der Waals surface area contributed by atoms with Gasteiger partial charge in [-0.25, -0.2) is 4.68 Å². The van der Waals surface area contributed by atoms with Crippen LogP contribution in [0.3, 0.4) is 0 Å². The van der Waals surface area contributed by atoms with Crippen molar-refractivity contribution >= 4 is 17.7 Å². The lowest BCUT2D eigenvalue weighted by Gasteiger charge is -2.14. The third kappa shape index (κ3) is 3.24. The number of likely N-dealkylation sites (tertiary alicyclic amines) is 1. The van der Waals surface area contributed by atoms with Crippen LogP contribution >= 0.6 is 11.8 Å². The van der Waals surface area contributed by atoms with Crippen LogP contribution in [-0.4, -0.2) is 59.2 Å². The third-order valence-electron chi connectivity index (χ3n) is 4.96. The van der Waals surface area contributed by atoms with Crippen LogP contribution in [-0.2, 0) is 11.8 Å². The van der Waals surface area contributed by atoms with Crippen LogP contribution in [0.1, 0.15) is 18.5 Å². The standard InChI is InChI=1S/C18H21N7O2S/c1-13-16(17(27)25(22(13)2)14-8-4-3-5-9-14)24-18(19-20-21-24)28-12-15(26)23-10-6-7-11-23/h3-5,8-9H,6-7,10-12H2,1-2H3. The zero-order valence-corrected chi connectivity index (χ0v) is 16.6. The summed E-state index contributed by atoms with van der Waals surface area (Å²) in [6, 6.07) is 9.40. The maximum Gasteiger partial charge on any atom is 0.297 e. The van der Waals surface area contributed by atoms with Gasteiger partial charge in [-0.3, -0.25) is 14.3 Å². The second-order valence-electron chi connectivity index (χ2n) is 6.66. The monoisotopic (exact) mass is 399 g/mol. The van der Waals surface area contributed by atoms with E-state index in [1.54, 1.807) is 9.36 Å². The highest BCUT2D eigenvalue weighted by Crippen LogP contribution is 2.21. The van der Waals surface area contributed by atoms with Crippen molar-refractivity contribution in [2.24, 2.45) is 7.05 Å². The predicted octanol–water partition coefficient (Wildman–Crippen LogP) is 1.17. The van der Waals surface area contributed by atoms with E-state index in [2.05, 4.69) is 15.5 Å². The summed E-state index contributed by atoms with van der Waals surface area (Å²) < 4.78 is 4.79. The number of thioether (sulfide) groups is 1. The summed E-state index contributed by atoms with van der Waals surface area (Å²) in [5.41, 5.74) is 1.66. The van der Waals surface area contributed by atoms with Crippen LogP contribution in [0.5, 0.6) is 0 Å². The fraction of sp³-hybridized carbons (Fsp3) is 0.389. The fourth-order valence-electron chi connectivity index (χ4n) is 3.39. The van der Waals surface area contributed by atoms with Gasteiger partial charge in [0, 0.05) is 20.1 Å². The minimum absolute atomic E-state index is 0.0727. The number of rotatable bonds is 5. The van der Waals surface area contributed by atoms with E-state index in [1.165, 1.54) is 16.4 Å². The van der Waals surface area contributed by atoms with Crippen molar-refractivity contribution < 1.29 is 4.79 Å². The summed E-state index contributed by atoms with van der Waals surface area (Å²) in [7, 11) is 1.82. The maximum absolute atomic E-state index is 13.2. The molecule has 0 aliphatic carbocycles. The molecule has 146 valence electrons. The number of carbonyl (C=O) groups is 1. The van der Waals surface area contributed by atoms with Gasteiger partial charge in [0.25, 0.3) is 5.56 Å². The van der Waals surface area contributed by atoms with Crippen LogP contribution < -0.4 is 5.56 Å². The van der Waals surface area contributed by atoms with Crippen LogP contribution in [0.4, 0.5) is 0 Å². The van der Waals surface area contributed by atoms with E-state index in [0.717, 1.165) is 37.3 Å². The molecule has 1 aliphatic heterocycles. The Balaban J connectivity index is 1.65. The molecule has 4 rings (SSSR count). The predicted molar refractivity (Wildman–Crippen MR) is 105 cm³/mol. The van der Waals surface area contributed by atoms with E-state index in [1.807, 2.05) is 49.2 Å². The number of amides is 1. The summed E-state index contributed by atoms with van der Waals surface area (Å²) in [4.78, 5) is 27.3. The summed E-state index contributed by atoms with van der Waals surface area (Å²) in [5.74, 6) is 0.322. The van der Waals surface area contributed by atoms with E-state index in [9.17, 15) is 9.59 Å². The van der Waals surface area contributed by atoms with E-state index < -0.39 is 0 Å². The number of hydrogen-bond acceptors (Lipinski definition) is 6. The van der Waals surface area contributed by atoms with Crippen molar-refractivity contribution in [1.29, 1.82) is 0 Å². The molecule has 0 atom stereocenters. The summed E-state index contributed by atoms with van der Waals surface area (Å²) in [5, 5.41) is 12.2. The Morgan fingerprint density at radius 3 is 2.61 bits per heavy atom. The van der Waals surface area contributed by atoms with E-state index in [0.29, 0.717) is 10.8 Å². The van der Waals surface area contributed by atoms with Crippen molar-refractivity contribution in [3.63, 3.8) is 0 Å². The molecule has 0 spiro atoms. The molecule has 0 bridgehead atoms. The lowest BCUT2D eigenvalue weighted by Crippen LogP contribution is -2.29. The van der Waals surface area contributed by atoms with Crippen molar-refractivity contribution in [3.05, 3.63) is 46.4 Å². The first-order valence-corrected chi connectivity index (χ1v) is 10.1. The molecule has 3 heterocycles. The Kier molecular flexibility index (Phi) is 5.03. The topological polar surface area (TPSA) is 90.8 Å². The molecule has 2 aromatic heterocycles. The van der Waals surface area contributed by atoms with Gasteiger partial charge >= 0.3 is 0 Å². The van der Waals surface area contributed by atoms with Gasteiger partial charge < -0.3 is 4.90 Å². The molecule has 1 aromatic carbocycles. The molecule has 1 saturated heterocycles. The summed E-state index contributed by atoms with van der Waals surface area (Å²) in [6.45, 7) is 3.47. The first-order valence-electron chi connectivity index (χ1n) is 9.11. The van der Waals surface area contributed by atoms with E-state index in [-0.39, 0.29) is 17.2 Å². The number of aromatic nitrogens is 6. The van der Waals surface area contributed by atoms with Gasteiger partial charge in [0.05, 0.1) is 17.1 Å². The van der Waals surface area contributed by atoms with E-state index >= 15 is 0 Å². The Hall–Kier alpha value is -2.88. The van der Waals surface area contributed by atoms with Gasteiger partial charge in [-0.2, -0.15) is 4.68 Å². The Morgan fingerprint density at radius 1 is 1.18 bits per heavy atom. The molecule has 9 nitrogen and oxygen atoms in total. The van der Waals surface area contributed by atoms with Gasteiger partial charge in [0.1, 0.15) is 0 Å². The molecule has 1 aliphatic rings. The number of benzene rings is 1. The second-order valence-corrected chi connectivity index (χ2v) is 7.60. The van der Waals surface area contributed by atoms with Crippen LogP contribution in [0.15, 0.2) is 40.3 Å². The highest BCUT2D eigenvalue weighted by Gasteiger charge is 2.23. The smallest absolute Gasteiger partial charge is 0.297 e. The molecular weight excluding hydrogens is 378 g/mol. The van der Waals surface area contributed by atoms with Gasteiger partial charge in [0.2, 0.25) is 11.1 Å². The number of tetrazole rings is 1. The van der Waals surface area contributed by atoms with Gasteiger partial charge in [-0.15, -0.1) is 5.10 Å². The Bertz CT molecular complexity index is 1050. The number of nitrogens with zero attached hydrogens (tertiary/aromatic N) is 7. The van der Waals surface area contributed by atoms with Crippen LogP contribution in [0.25, 0.3) is 11.4 Å². The first kappa shape index (κ1) is 18.5. The highest BCUT2D eigenvalue weighted by atomic mass is 32.2. The molecular formula is C18H21N7O2S. The molecule has 0 N–H and O–H groups in total. The lowest BCUT2D eigenvalue weighted by molar-refractivity contribution is -0.127. The minimum atomic E-state index is -0.216. The van der Waals surface area contributed by atoms with Crippen LogP contribution in [0, 0.1) is 6.92 Å². The number of carbonyl (C=O) groups excluding carboxylic acids is 1. The largest absolute Gasteiger partial charge is 0.342 e. The number of para-hydroxylation sites is 1. The minimum Gasteiger partial charge on any atom is -0.342 e. The average molecular weight is 399 g/mol. The second kappa shape index (κ2) is 7.63. The SMILES string of the molecule is Cc1c(-n2nnnc2SCC(=O)N2CCCC2)c(=O)n(-c2ccccc2)n1C. The van der Waals surface area contributed by atoms with Gasteiger partial charge in [0.15, 0.2) is 5.69 Å². The zero-order valence-electron chi connectivity index (χ0n) is 15.8. The maximum atomic E-state index is 13.2. The zero-order chi connectivity index (χ0) is 19.7. The van der Waals surface area contributed by atoms with Gasteiger partial charge in [-0.1, -0.05) is 30.0 Å². The van der Waals surface area contributed by atoms with Crippen molar-refractivity contribution in [3.8, 4) is 11.4 Å². The van der Waals surface area contributed by atoms with Gasteiger partial charge in [-0.05, 0) is 42.3 Å². The molecule has 0 unspecified atom stereocenters. The molecule has 28 heavy (non-hydrogen) atoms. The van der Waals surface area contributed by atoms with Crippen LogP contribution in [0.2, 0.25) is 0 Å². The van der Waals surface area contributed by atoms with Crippen molar-refractivity contribution in [2.45, 2.75) is 24.9 Å². The molecule has 1 fully saturated rings. The lowest BCUT2D eigenvalue weighted by atomic mass is 10.3. The first-order chi connectivity index (χ1) is 13.6. The van der Waals surface area contributed by atoms with Crippen molar-refractivity contribution in [1.82, 2.24) is 34.5 Å². The summed E-state index contributed by atoms with van der Waals surface area (Å²) >= 11 is 1.25. The summed E-state index contributed by atoms with van der Waals surface area (Å²) in [6.07, 6.45) is 2.10. The highest BCUT2D eigenvalue weighted by molar-refractivity contribution is 7.99. The quantitative estimate of drug-likeness (QED) is 0.598. The molecule has 10 heteroatoms. The average Bonchev–Trinajstić information content (AvgIpc) is 3.43. The van der Waals surface area contributed by atoms with E-state index in [4.69, 9.17) is 0 Å². The molecule has 0 saturated carbocycles. The van der Waals surface area contributed by atoms with Crippen molar-refractivity contribution in [2.75, 3.05) is 18.8 Å². The Morgan fingerprint density at radius 2 is 1.89 bits per heavy atom. The number of hydrogen-bond donors (Lipinski definition) is 0. The Labute approximate surface area is 165 Å².